The number of hydrogen-bond donors (Lipinski definition) is 5. The van der Waals surface area contributed by atoms with Gasteiger partial charge in [0.15, 0.2) is 23.0 Å². The molecule has 4 aromatic rings. The van der Waals surface area contributed by atoms with Crippen LogP contribution in [0.3, 0.4) is 0 Å². The summed E-state index contributed by atoms with van der Waals surface area (Å²) < 4.78 is 15.3. The highest BCUT2D eigenvalue weighted by molar-refractivity contribution is 5.71. The van der Waals surface area contributed by atoms with Gasteiger partial charge in [0.05, 0.1) is 0 Å². The second-order valence-corrected chi connectivity index (χ2v) is 10.3. The van der Waals surface area contributed by atoms with E-state index in [1.54, 1.807) is 60.7 Å². The van der Waals surface area contributed by atoms with Crippen LogP contribution in [0, 0.1) is 11.8 Å². The van der Waals surface area contributed by atoms with E-state index < -0.39 is 12.3 Å². The molecule has 2 atom stereocenters. The van der Waals surface area contributed by atoms with E-state index in [0.29, 0.717) is 23.3 Å². The van der Waals surface area contributed by atoms with Gasteiger partial charge in [0.2, 0.25) is 0 Å². The topological polar surface area (TPSA) is 146 Å². The molecule has 0 aliphatic rings. The Hall–Kier alpha value is -4.89. The first-order valence-electron chi connectivity index (χ1n) is 14.8. The molecule has 0 radical (unpaired) electrons. The van der Waals surface area contributed by atoms with Crippen LogP contribution in [0.4, 0.5) is 0 Å². The minimum Gasteiger partial charge on any atom is -0.504 e. The number of benzene rings is 4. The van der Waals surface area contributed by atoms with E-state index in [2.05, 4.69) is 13.8 Å². The Morgan fingerprint density at radius 1 is 0.600 bits per heavy atom. The van der Waals surface area contributed by atoms with Crippen molar-refractivity contribution in [3.8, 4) is 34.5 Å². The van der Waals surface area contributed by atoms with Crippen molar-refractivity contribution in [1.82, 2.24) is 0 Å². The Balaban J connectivity index is 0.000000277. The van der Waals surface area contributed by atoms with Gasteiger partial charge in [-0.1, -0.05) is 62.4 Å². The second-order valence-electron chi connectivity index (χ2n) is 10.3. The van der Waals surface area contributed by atoms with Gasteiger partial charge in [0.1, 0.15) is 11.5 Å². The van der Waals surface area contributed by atoms with Crippen LogP contribution in [0.25, 0.3) is 0 Å². The zero-order valence-corrected chi connectivity index (χ0v) is 26.2. The van der Waals surface area contributed by atoms with Gasteiger partial charge in [-0.3, -0.25) is 0 Å². The number of phenols is 4. The number of ether oxygens (including phenoxy) is 3. The lowest BCUT2D eigenvalue weighted by Crippen LogP contribution is -2.33. The number of carbonyl (C=O) groups is 1. The SMILES string of the molecule is CCOCC.C[C@H](Cc1ccc(O)c(O)c1)[C@@H](C)Cc1ccc(O)c(O)c1.O=C(O)C(Oc1ccccc1)Oc1ccccc1. The molecule has 0 bridgehead atoms. The quantitative estimate of drug-likeness (QED) is 0.0822. The largest absolute Gasteiger partial charge is 0.504 e. The van der Waals surface area contributed by atoms with Crippen LogP contribution in [-0.4, -0.2) is 51.0 Å². The van der Waals surface area contributed by atoms with Crippen LogP contribution in [0.5, 0.6) is 34.5 Å². The minimum atomic E-state index is -1.37. The third-order valence-corrected chi connectivity index (χ3v) is 6.75. The van der Waals surface area contributed by atoms with Gasteiger partial charge in [-0.05, 0) is 98.2 Å². The molecule has 9 nitrogen and oxygen atoms in total. The first-order valence-corrected chi connectivity index (χ1v) is 14.8. The summed E-state index contributed by atoms with van der Waals surface area (Å²) in [4.78, 5) is 11.1. The number of phenolic OH excluding ortho intramolecular Hbond substituents is 4. The average molecular weight is 621 g/mol. The molecule has 4 rings (SSSR count). The Morgan fingerprint density at radius 2 is 0.978 bits per heavy atom. The second kappa shape index (κ2) is 19.4. The first-order chi connectivity index (χ1) is 21.5. The van der Waals surface area contributed by atoms with Crippen molar-refractivity contribution in [2.24, 2.45) is 11.8 Å². The van der Waals surface area contributed by atoms with Crippen molar-refractivity contribution in [2.45, 2.75) is 46.8 Å². The lowest BCUT2D eigenvalue weighted by molar-refractivity contribution is -0.158. The molecule has 0 saturated carbocycles. The molecule has 5 N–H and O–H groups in total. The summed E-state index contributed by atoms with van der Waals surface area (Å²) >= 11 is 0. The van der Waals surface area contributed by atoms with Gasteiger partial charge in [0.25, 0.3) is 0 Å². The summed E-state index contributed by atoms with van der Waals surface area (Å²) in [6, 6.07) is 27.2. The first kappa shape index (κ1) is 36.3. The van der Waals surface area contributed by atoms with Gasteiger partial charge in [-0.2, -0.15) is 0 Å². The smallest absolute Gasteiger partial charge is 0.387 e. The van der Waals surface area contributed by atoms with Gasteiger partial charge < -0.3 is 39.7 Å². The molecular weight excluding hydrogens is 576 g/mol. The third kappa shape index (κ3) is 13.5. The van der Waals surface area contributed by atoms with Gasteiger partial charge in [0, 0.05) is 13.2 Å². The molecule has 0 heterocycles. The number of hydrogen-bond acceptors (Lipinski definition) is 8. The number of rotatable bonds is 12. The Morgan fingerprint density at radius 3 is 1.27 bits per heavy atom. The number of aliphatic carboxylic acids is 1. The maximum Gasteiger partial charge on any atom is 0.387 e. The molecule has 0 aromatic heterocycles. The highest BCUT2D eigenvalue weighted by Gasteiger charge is 2.21. The highest BCUT2D eigenvalue weighted by atomic mass is 16.7. The van der Waals surface area contributed by atoms with Crippen LogP contribution < -0.4 is 9.47 Å². The Bertz CT molecular complexity index is 1310. The highest BCUT2D eigenvalue weighted by Crippen LogP contribution is 2.30. The molecular formula is C36H44O9. The Kier molecular flexibility index (Phi) is 15.7. The van der Waals surface area contributed by atoms with E-state index in [0.717, 1.165) is 37.2 Å². The van der Waals surface area contributed by atoms with E-state index in [-0.39, 0.29) is 23.0 Å². The fourth-order valence-electron chi connectivity index (χ4n) is 4.11. The van der Waals surface area contributed by atoms with Crippen molar-refractivity contribution in [3.63, 3.8) is 0 Å². The van der Waals surface area contributed by atoms with E-state index in [4.69, 9.17) is 19.3 Å². The van der Waals surface area contributed by atoms with Crippen LogP contribution in [0.15, 0.2) is 97.1 Å². The van der Waals surface area contributed by atoms with E-state index in [1.165, 1.54) is 12.1 Å². The van der Waals surface area contributed by atoms with Crippen molar-refractivity contribution < 1.29 is 44.5 Å². The molecule has 0 aliphatic carbocycles. The number of carboxylic acids is 1. The molecule has 0 saturated heterocycles. The minimum absolute atomic E-state index is 0.0965. The summed E-state index contributed by atoms with van der Waals surface area (Å²) in [5, 5.41) is 46.8. The molecule has 0 amide bonds. The summed E-state index contributed by atoms with van der Waals surface area (Å²) in [7, 11) is 0. The molecule has 242 valence electrons. The monoisotopic (exact) mass is 620 g/mol. The molecule has 4 aromatic carbocycles. The summed E-state index contributed by atoms with van der Waals surface area (Å²) in [5.74, 6) is 0.0267. The number of para-hydroxylation sites is 2. The summed E-state index contributed by atoms with van der Waals surface area (Å²) in [6.45, 7) is 9.93. The molecule has 0 fully saturated rings. The van der Waals surface area contributed by atoms with E-state index >= 15 is 0 Å². The molecule has 45 heavy (non-hydrogen) atoms. The third-order valence-electron chi connectivity index (χ3n) is 6.75. The Labute approximate surface area is 264 Å². The van der Waals surface area contributed by atoms with Crippen molar-refractivity contribution in [3.05, 3.63) is 108 Å². The maximum atomic E-state index is 11.1. The fraction of sp³-hybridized carbons (Fsp3) is 0.306. The zero-order valence-electron chi connectivity index (χ0n) is 26.2. The van der Waals surface area contributed by atoms with Gasteiger partial charge >= 0.3 is 12.3 Å². The van der Waals surface area contributed by atoms with Crippen LogP contribution in [-0.2, 0) is 22.4 Å². The zero-order chi connectivity index (χ0) is 33.2. The van der Waals surface area contributed by atoms with Crippen molar-refractivity contribution in [2.75, 3.05) is 13.2 Å². The molecule has 0 aliphatic heterocycles. The standard InChI is InChI=1S/C18H22O4.C14H12O4.C4H10O/c1-11(7-13-3-5-15(19)17(21)9-13)12(2)8-14-4-6-16(20)18(22)10-14;15-13(16)14(17-11-7-3-1-4-8-11)18-12-9-5-2-6-10-12;1-3-5-4-2/h3-6,9-12,19-22H,7-8H2,1-2H3;1-10,14H,(H,15,16);3-4H2,1-2H3/t11-,12+;;. The number of carboxylic acid groups (broad SMARTS) is 1. The van der Waals surface area contributed by atoms with Crippen molar-refractivity contribution >= 4 is 5.97 Å². The normalized spacial score (nSPS) is 11.7. The fourth-order valence-corrected chi connectivity index (χ4v) is 4.11. The predicted octanol–water partition coefficient (Wildman–Crippen LogP) is 7.16. The molecule has 9 heteroatoms. The number of aromatic hydroxyl groups is 4. The van der Waals surface area contributed by atoms with Crippen LogP contribution in [0.1, 0.15) is 38.8 Å². The maximum absolute atomic E-state index is 11.1. The van der Waals surface area contributed by atoms with Crippen molar-refractivity contribution in [1.29, 1.82) is 0 Å². The van der Waals surface area contributed by atoms with Gasteiger partial charge in [-0.25, -0.2) is 4.79 Å². The van der Waals surface area contributed by atoms with E-state index in [1.807, 2.05) is 38.1 Å². The predicted molar refractivity (Wildman–Crippen MR) is 173 cm³/mol. The summed E-state index contributed by atoms with van der Waals surface area (Å²) in [6.07, 6.45) is 0.216. The van der Waals surface area contributed by atoms with Crippen LogP contribution in [0.2, 0.25) is 0 Å². The van der Waals surface area contributed by atoms with E-state index in [9.17, 15) is 25.2 Å². The lowest BCUT2D eigenvalue weighted by atomic mass is 9.85. The van der Waals surface area contributed by atoms with Gasteiger partial charge in [-0.15, -0.1) is 0 Å². The lowest BCUT2D eigenvalue weighted by Gasteiger charge is -2.20. The molecule has 0 unspecified atom stereocenters. The molecule has 0 spiro atoms. The van der Waals surface area contributed by atoms with Crippen LogP contribution >= 0.6 is 0 Å². The average Bonchev–Trinajstić information content (AvgIpc) is 3.02. The summed E-state index contributed by atoms with van der Waals surface area (Å²) in [5.41, 5.74) is 1.95.